The smallest absolute Gasteiger partial charge is 0.161 e. The van der Waals surface area contributed by atoms with Gasteiger partial charge in [0.1, 0.15) is 9.45 Å². The Morgan fingerprint density at radius 2 is 2.04 bits per heavy atom. The number of ether oxygens (including phenoxy) is 1. The molecule has 1 saturated heterocycles. The van der Waals surface area contributed by atoms with Gasteiger partial charge < -0.3 is 9.64 Å². The van der Waals surface area contributed by atoms with Crippen molar-refractivity contribution < 1.29 is 9.53 Å². The molecule has 3 heterocycles. The summed E-state index contributed by atoms with van der Waals surface area (Å²) in [6, 6.07) is 7.69. The van der Waals surface area contributed by atoms with E-state index in [-0.39, 0.29) is 0 Å². The van der Waals surface area contributed by atoms with E-state index < -0.39 is 6.17 Å². The van der Waals surface area contributed by atoms with Crippen LogP contribution in [0.25, 0.3) is 10.9 Å². The second-order valence-corrected chi connectivity index (χ2v) is 7.94. The molecule has 0 radical (unpaired) electrons. The van der Waals surface area contributed by atoms with Gasteiger partial charge in [-0.1, -0.05) is 11.6 Å². The molecule has 0 saturated carbocycles. The fourth-order valence-corrected chi connectivity index (χ4v) is 4.31. The van der Waals surface area contributed by atoms with E-state index in [0.29, 0.717) is 10.8 Å². The standard InChI is InChI=1S/C19H19ClIN5O2/c1-28-17-10-13(2-3-15(17)20)24-6-8-25(9-7-24)18(12-27)26-16-4-5-22-19(21)14(16)11-23-26/h2-5,10-12,18H,6-9H2,1H3. The molecule has 0 N–H and O–H groups in total. The van der Waals surface area contributed by atoms with Crippen LogP contribution in [0.4, 0.5) is 5.69 Å². The molecule has 1 unspecified atom stereocenters. The minimum Gasteiger partial charge on any atom is -0.495 e. The van der Waals surface area contributed by atoms with Crippen molar-refractivity contribution in [1.82, 2.24) is 19.7 Å². The van der Waals surface area contributed by atoms with Crippen LogP contribution in [0.1, 0.15) is 6.17 Å². The number of hydrogen-bond acceptors (Lipinski definition) is 6. The van der Waals surface area contributed by atoms with Gasteiger partial charge in [-0.3, -0.25) is 9.69 Å². The summed E-state index contributed by atoms with van der Waals surface area (Å²) in [6.45, 7) is 3.09. The number of aromatic nitrogens is 3. The number of pyridine rings is 1. The quantitative estimate of drug-likeness (QED) is 0.298. The van der Waals surface area contributed by atoms with E-state index in [1.54, 1.807) is 24.2 Å². The monoisotopic (exact) mass is 511 g/mol. The number of carbonyl (C=O) groups excluding carboxylic acids is 1. The summed E-state index contributed by atoms with van der Waals surface area (Å²) in [4.78, 5) is 20.6. The van der Waals surface area contributed by atoms with E-state index in [4.69, 9.17) is 16.3 Å². The minimum atomic E-state index is -0.433. The van der Waals surface area contributed by atoms with Crippen LogP contribution >= 0.6 is 34.2 Å². The maximum absolute atomic E-state index is 11.9. The summed E-state index contributed by atoms with van der Waals surface area (Å²) in [5.41, 5.74) is 1.98. The van der Waals surface area contributed by atoms with Crippen molar-refractivity contribution in [2.75, 3.05) is 38.2 Å². The lowest BCUT2D eigenvalue weighted by molar-refractivity contribution is -0.115. The van der Waals surface area contributed by atoms with E-state index in [1.165, 1.54) is 0 Å². The van der Waals surface area contributed by atoms with Crippen LogP contribution in [-0.4, -0.2) is 59.2 Å². The lowest BCUT2D eigenvalue weighted by atomic mass is 10.2. The molecule has 1 aliphatic rings. The molecule has 0 amide bonds. The normalized spacial score (nSPS) is 16.3. The van der Waals surface area contributed by atoms with Gasteiger partial charge in [0.25, 0.3) is 0 Å². The van der Waals surface area contributed by atoms with Crippen molar-refractivity contribution in [3.63, 3.8) is 0 Å². The number of fused-ring (bicyclic) bond motifs is 1. The topological polar surface area (TPSA) is 63.5 Å². The van der Waals surface area contributed by atoms with Crippen LogP contribution < -0.4 is 9.64 Å². The first-order valence-electron chi connectivity index (χ1n) is 8.88. The van der Waals surface area contributed by atoms with Crippen LogP contribution in [-0.2, 0) is 4.79 Å². The molecule has 0 spiro atoms. The van der Waals surface area contributed by atoms with Gasteiger partial charge in [0.15, 0.2) is 12.5 Å². The highest BCUT2D eigenvalue weighted by atomic mass is 127. The molecule has 2 aromatic heterocycles. The maximum atomic E-state index is 11.9. The zero-order valence-electron chi connectivity index (χ0n) is 15.3. The number of rotatable bonds is 5. The van der Waals surface area contributed by atoms with Crippen molar-refractivity contribution in [3.05, 3.63) is 45.4 Å². The number of methoxy groups -OCH3 is 1. The summed E-state index contributed by atoms with van der Waals surface area (Å²) >= 11 is 8.32. The van der Waals surface area contributed by atoms with Crippen LogP contribution in [0, 0.1) is 3.70 Å². The highest BCUT2D eigenvalue weighted by molar-refractivity contribution is 14.1. The van der Waals surface area contributed by atoms with E-state index in [2.05, 4.69) is 42.5 Å². The van der Waals surface area contributed by atoms with Gasteiger partial charge >= 0.3 is 0 Å². The summed E-state index contributed by atoms with van der Waals surface area (Å²) in [5.74, 6) is 0.665. The van der Waals surface area contributed by atoms with Gasteiger partial charge in [-0.05, 0) is 40.8 Å². The highest BCUT2D eigenvalue weighted by Crippen LogP contribution is 2.30. The third kappa shape index (κ3) is 3.56. The summed E-state index contributed by atoms with van der Waals surface area (Å²) in [6.07, 6.45) is 4.05. The lowest BCUT2D eigenvalue weighted by Gasteiger charge is -2.38. The number of halogens is 2. The first-order valence-corrected chi connectivity index (χ1v) is 10.3. The molecule has 3 aromatic rings. The molecule has 9 heteroatoms. The van der Waals surface area contributed by atoms with Gasteiger partial charge in [-0.2, -0.15) is 5.10 Å². The lowest BCUT2D eigenvalue weighted by Crippen LogP contribution is -2.49. The Morgan fingerprint density at radius 3 is 2.75 bits per heavy atom. The molecule has 0 bridgehead atoms. The van der Waals surface area contributed by atoms with Crippen LogP contribution in [0.3, 0.4) is 0 Å². The Bertz CT molecular complexity index is 1000. The molecule has 1 atom stereocenters. The number of aldehydes is 1. The summed E-state index contributed by atoms with van der Waals surface area (Å²) < 4.78 is 7.99. The Morgan fingerprint density at radius 1 is 1.25 bits per heavy atom. The number of hydrogen-bond donors (Lipinski definition) is 0. The zero-order chi connectivity index (χ0) is 19.7. The maximum Gasteiger partial charge on any atom is 0.161 e. The van der Waals surface area contributed by atoms with Gasteiger partial charge in [-0.15, -0.1) is 0 Å². The van der Waals surface area contributed by atoms with Crippen molar-refractivity contribution in [2.24, 2.45) is 0 Å². The second kappa shape index (κ2) is 8.22. The average molecular weight is 512 g/mol. The molecule has 1 aliphatic heterocycles. The van der Waals surface area contributed by atoms with Gasteiger partial charge in [0, 0.05) is 44.1 Å². The van der Waals surface area contributed by atoms with Crippen molar-refractivity contribution >= 4 is 57.1 Å². The van der Waals surface area contributed by atoms with Crippen molar-refractivity contribution in [1.29, 1.82) is 0 Å². The molecule has 7 nitrogen and oxygen atoms in total. The SMILES string of the molecule is COc1cc(N2CCN(C(C=O)n3ncc4c(I)nccc43)CC2)ccc1Cl. The molecular weight excluding hydrogens is 493 g/mol. The van der Waals surface area contributed by atoms with E-state index >= 15 is 0 Å². The second-order valence-electron chi connectivity index (χ2n) is 6.52. The number of piperazine rings is 1. The van der Waals surface area contributed by atoms with Crippen molar-refractivity contribution in [2.45, 2.75) is 6.17 Å². The largest absolute Gasteiger partial charge is 0.495 e. The van der Waals surface area contributed by atoms with Crippen molar-refractivity contribution in [3.8, 4) is 5.75 Å². The zero-order valence-corrected chi connectivity index (χ0v) is 18.2. The van der Waals surface area contributed by atoms with E-state index in [0.717, 1.165) is 52.8 Å². The van der Waals surface area contributed by atoms with Gasteiger partial charge in [0.05, 0.1) is 29.2 Å². The number of benzene rings is 1. The number of carbonyl (C=O) groups is 1. The molecule has 1 fully saturated rings. The van der Waals surface area contributed by atoms with E-state index in [9.17, 15) is 4.79 Å². The van der Waals surface area contributed by atoms with Crippen LogP contribution in [0.5, 0.6) is 5.75 Å². The Hall–Kier alpha value is -1.91. The number of anilines is 1. The molecular formula is C19H19ClIN5O2. The molecule has 146 valence electrons. The predicted molar refractivity (Wildman–Crippen MR) is 117 cm³/mol. The minimum absolute atomic E-state index is 0.433. The number of nitrogens with zero attached hydrogens (tertiary/aromatic N) is 5. The Kier molecular flexibility index (Phi) is 5.70. The molecule has 28 heavy (non-hydrogen) atoms. The highest BCUT2D eigenvalue weighted by Gasteiger charge is 2.27. The average Bonchev–Trinajstić information content (AvgIpc) is 3.15. The van der Waals surface area contributed by atoms with Crippen LogP contribution in [0.15, 0.2) is 36.7 Å². The Labute approximate surface area is 181 Å². The summed E-state index contributed by atoms with van der Waals surface area (Å²) in [5, 5.41) is 6.02. The Balaban J connectivity index is 1.52. The van der Waals surface area contributed by atoms with Gasteiger partial charge in [0.2, 0.25) is 0 Å². The summed E-state index contributed by atoms with van der Waals surface area (Å²) in [7, 11) is 1.61. The van der Waals surface area contributed by atoms with Gasteiger partial charge in [-0.25, -0.2) is 9.67 Å². The fourth-order valence-electron chi connectivity index (χ4n) is 3.54. The van der Waals surface area contributed by atoms with E-state index in [1.807, 2.05) is 24.3 Å². The third-order valence-electron chi connectivity index (χ3n) is 5.04. The van der Waals surface area contributed by atoms with Crippen LogP contribution in [0.2, 0.25) is 5.02 Å². The molecule has 0 aliphatic carbocycles. The third-order valence-corrected chi connectivity index (χ3v) is 6.21. The predicted octanol–water partition coefficient (Wildman–Crippen LogP) is 3.22. The molecule has 4 rings (SSSR count). The fraction of sp³-hybridized carbons (Fsp3) is 0.316. The first-order chi connectivity index (χ1) is 13.6. The first kappa shape index (κ1) is 19.4. The molecule has 1 aromatic carbocycles.